The summed E-state index contributed by atoms with van der Waals surface area (Å²) in [5.41, 5.74) is -1.22. The number of hydrazone groups is 1. The highest BCUT2D eigenvalue weighted by Gasteiger charge is 2.47. The third-order valence-corrected chi connectivity index (χ3v) is 4.82. The zero-order valence-corrected chi connectivity index (χ0v) is 16.5. The van der Waals surface area contributed by atoms with E-state index in [1.54, 1.807) is 36.4 Å². The van der Waals surface area contributed by atoms with Gasteiger partial charge in [-0.25, -0.2) is 0 Å². The number of anilines is 1. The van der Waals surface area contributed by atoms with Crippen LogP contribution in [0.1, 0.15) is 5.76 Å². The topological polar surface area (TPSA) is 45.8 Å². The van der Waals surface area contributed by atoms with Crippen molar-refractivity contribution in [2.45, 2.75) is 6.18 Å². The molecule has 0 saturated heterocycles. The van der Waals surface area contributed by atoms with E-state index in [4.69, 9.17) is 27.6 Å². The molecule has 1 aliphatic rings. The van der Waals surface area contributed by atoms with E-state index in [2.05, 4.69) is 5.10 Å². The van der Waals surface area contributed by atoms with Crippen LogP contribution in [-0.2, 0) is 4.79 Å². The van der Waals surface area contributed by atoms with Gasteiger partial charge in [0.15, 0.2) is 5.71 Å². The molecule has 1 aromatic heterocycles. The van der Waals surface area contributed by atoms with E-state index < -0.39 is 23.4 Å². The number of carbonyl (C=O) groups is 1. The summed E-state index contributed by atoms with van der Waals surface area (Å²) in [5.74, 6) is -0.575. The lowest BCUT2D eigenvalue weighted by molar-refractivity contribution is -0.114. The van der Waals surface area contributed by atoms with Crippen LogP contribution >= 0.6 is 23.2 Å². The number of rotatable bonds is 3. The normalized spacial score (nSPS) is 15.8. The molecule has 30 heavy (non-hydrogen) atoms. The number of amides is 1. The van der Waals surface area contributed by atoms with Crippen molar-refractivity contribution in [3.05, 3.63) is 82.0 Å². The van der Waals surface area contributed by atoms with Crippen molar-refractivity contribution in [2.24, 2.45) is 5.10 Å². The quantitative estimate of drug-likeness (QED) is 0.421. The lowest BCUT2D eigenvalue weighted by atomic mass is 10.1. The molecular weight excluding hydrogens is 440 g/mol. The predicted molar refractivity (Wildman–Crippen MR) is 110 cm³/mol. The Bertz CT molecular complexity index is 1180. The first kappa shape index (κ1) is 20.3. The summed E-state index contributed by atoms with van der Waals surface area (Å²) in [7, 11) is 0. The number of halogens is 5. The van der Waals surface area contributed by atoms with Gasteiger partial charge in [0.25, 0.3) is 5.91 Å². The molecule has 0 aliphatic carbocycles. The molecule has 9 heteroatoms. The number of carbonyl (C=O) groups excluding carboxylic acids is 1. The van der Waals surface area contributed by atoms with Gasteiger partial charge < -0.3 is 4.42 Å². The van der Waals surface area contributed by atoms with Crippen LogP contribution < -0.4 is 5.01 Å². The largest absolute Gasteiger partial charge is 0.457 e. The third kappa shape index (κ3) is 3.86. The highest BCUT2D eigenvalue weighted by Crippen LogP contribution is 2.35. The zero-order valence-electron chi connectivity index (χ0n) is 15.0. The Balaban J connectivity index is 1.74. The molecule has 1 amide bonds. The Morgan fingerprint density at radius 3 is 2.43 bits per heavy atom. The Morgan fingerprint density at radius 1 is 1.00 bits per heavy atom. The van der Waals surface area contributed by atoms with Crippen molar-refractivity contribution < 1.29 is 22.4 Å². The van der Waals surface area contributed by atoms with Crippen molar-refractivity contribution >= 4 is 46.6 Å². The van der Waals surface area contributed by atoms with Gasteiger partial charge in [-0.2, -0.15) is 23.3 Å². The Kier molecular flexibility index (Phi) is 5.17. The van der Waals surface area contributed by atoms with Crippen LogP contribution in [0.3, 0.4) is 0 Å². The van der Waals surface area contributed by atoms with Crippen molar-refractivity contribution in [3.8, 4) is 11.3 Å². The van der Waals surface area contributed by atoms with Gasteiger partial charge in [-0.1, -0.05) is 41.4 Å². The SMILES string of the molecule is O=C1/C(=C\c2ccc(-c3cc(Cl)ccc3Cl)o2)C(C(F)(F)F)=NN1c1ccccc1. The van der Waals surface area contributed by atoms with Crippen LogP contribution in [0.2, 0.25) is 10.0 Å². The van der Waals surface area contributed by atoms with E-state index in [-0.39, 0.29) is 11.4 Å². The number of benzene rings is 2. The minimum Gasteiger partial charge on any atom is -0.457 e. The number of alkyl halides is 3. The molecule has 2 heterocycles. The molecule has 0 radical (unpaired) electrons. The van der Waals surface area contributed by atoms with E-state index >= 15 is 0 Å². The zero-order chi connectivity index (χ0) is 21.5. The van der Waals surface area contributed by atoms with Crippen LogP contribution in [0.25, 0.3) is 17.4 Å². The fourth-order valence-electron chi connectivity index (χ4n) is 2.90. The van der Waals surface area contributed by atoms with Gasteiger partial charge in [0.05, 0.1) is 16.3 Å². The first-order valence-electron chi connectivity index (χ1n) is 8.56. The summed E-state index contributed by atoms with van der Waals surface area (Å²) in [6.07, 6.45) is -3.81. The van der Waals surface area contributed by atoms with E-state index in [9.17, 15) is 18.0 Å². The fourth-order valence-corrected chi connectivity index (χ4v) is 3.28. The van der Waals surface area contributed by atoms with Gasteiger partial charge in [0, 0.05) is 10.6 Å². The summed E-state index contributed by atoms with van der Waals surface area (Å²) in [6, 6.07) is 15.6. The van der Waals surface area contributed by atoms with Crippen LogP contribution in [0, 0.1) is 0 Å². The highest BCUT2D eigenvalue weighted by atomic mass is 35.5. The third-order valence-electron chi connectivity index (χ3n) is 4.25. The van der Waals surface area contributed by atoms with Crippen molar-refractivity contribution in [1.82, 2.24) is 0 Å². The molecule has 0 unspecified atom stereocenters. The molecule has 0 atom stereocenters. The van der Waals surface area contributed by atoms with Crippen molar-refractivity contribution in [1.29, 1.82) is 0 Å². The molecule has 0 saturated carbocycles. The first-order valence-corrected chi connectivity index (χ1v) is 9.32. The average Bonchev–Trinajstić information content (AvgIpc) is 3.30. The van der Waals surface area contributed by atoms with Crippen molar-refractivity contribution in [2.75, 3.05) is 5.01 Å². The summed E-state index contributed by atoms with van der Waals surface area (Å²) in [6.45, 7) is 0. The molecule has 0 fully saturated rings. The number of hydrogen-bond donors (Lipinski definition) is 0. The Labute approximate surface area is 178 Å². The molecule has 0 N–H and O–H groups in total. The maximum absolute atomic E-state index is 13.5. The molecule has 2 aromatic carbocycles. The number of nitrogens with zero attached hydrogens (tertiary/aromatic N) is 2. The molecule has 4 rings (SSSR count). The monoisotopic (exact) mass is 450 g/mol. The minimum atomic E-state index is -4.82. The van der Waals surface area contributed by atoms with Gasteiger partial charge in [-0.3, -0.25) is 4.79 Å². The van der Waals surface area contributed by atoms with Crippen molar-refractivity contribution in [3.63, 3.8) is 0 Å². The van der Waals surface area contributed by atoms with Gasteiger partial charge in [-0.05, 0) is 48.5 Å². The summed E-state index contributed by atoms with van der Waals surface area (Å²) >= 11 is 12.1. The lowest BCUT2D eigenvalue weighted by Gasteiger charge is -2.10. The average molecular weight is 451 g/mol. The van der Waals surface area contributed by atoms with Crippen LogP contribution in [0.5, 0.6) is 0 Å². The second kappa shape index (κ2) is 7.66. The minimum absolute atomic E-state index is 0.0382. The van der Waals surface area contributed by atoms with E-state index in [0.29, 0.717) is 26.4 Å². The predicted octanol–water partition coefficient (Wildman–Crippen LogP) is 6.60. The summed E-state index contributed by atoms with van der Waals surface area (Å²) in [4.78, 5) is 12.7. The standard InChI is InChI=1S/C21H11Cl2F3N2O2/c22-12-6-8-17(23)15(10-12)18-9-7-14(30-18)11-16-19(21(24,25)26)27-28(20(16)29)13-4-2-1-3-5-13/h1-11H/b16-11-. The molecule has 152 valence electrons. The van der Waals surface area contributed by atoms with Gasteiger partial charge >= 0.3 is 6.18 Å². The van der Waals surface area contributed by atoms with Gasteiger partial charge in [0.2, 0.25) is 0 Å². The maximum atomic E-state index is 13.5. The van der Waals surface area contributed by atoms with Crippen LogP contribution in [0.15, 0.2) is 75.8 Å². The number of para-hydroxylation sites is 1. The van der Waals surface area contributed by atoms with E-state index in [1.165, 1.54) is 24.3 Å². The van der Waals surface area contributed by atoms with E-state index in [1.807, 2.05) is 0 Å². The second-order valence-corrected chi connectivity index (χ2v) is 7.13. The maximum Gasteiger partial charge on any atom is 0.435 e. The Hall–Kier alpha value is -3.03. The second-order valence-electron chi connectivity index (χ2n) is 6.28. The molecule has 0 bridgehead atoms. The molecule has 0 spiro atoms. The Morgan fingerprint density at radius 2 is 1.73 bits per heavy atom. The fraction of sp³-hybridized carbons (Fsp3) is 0.0476. The first-order chi connectivity index (χ1) is 14.2. The number of furan rings is 1. The van der Waals surface area contributed by atoms with Gasteiger partial charge in [0.1, 0.15) is 11.5 Å². The smallest absolute Gasteiger partial charge is 0.435 e. The molecule has 3 aromatic rings. The number of hydrogen-bond acceptors (Lipinski definition) is 3. The highest BCUT2D eigenvalue weighted by molar-refractivity contribution is 6.35. The molecule has 1 aliphatic heterocycles. The molecule has 4 nitrogen and oxygen atoms in total. The molecular formula is C21H11Cl2F3N2O2. The van der Waals surface area contributed by atoms with Crippen LogP contribution in [0.4, 0.5) is 18.9 Å². The van der Waals surface area contributed by atoms with Crippen LogP contribution in [-0.4, -0.2) is 17.8 Å². The van der Waals surface area contributed by atoms with Gasteiger partial charge in [-0.15, -0.1) is 0 Å². The summed E-state index contributed by atoms with van der Waals surface area (Å²) < 4.78 is 46.2. The lowest BCUT2D eigenvalue weighted by Crippen LogP contribution is -2.25. The summed E-state index contributed by atoms with van der Waals surface area (Å²) in [5, 5.41) is 5.00. The van der Waals surface area contributed by atoms with E-state index in [0.717, 1.165) is 6.08 Å².